The second-order valence-electron chi connectivity index (χ2n) is 7.41. The van der Waals surface area contributed by atoms with Crippen molar-refractivity contribution in [2.75, 3.05) is 19.6 Å². The van der Waals surface area contributed by atoms with E-state index in [9.17, 15) is 4.79 Å². The lowest BCUT2D eigenvalue weighted by molar-refractivity contribution is 0.108. The zero-order valence-electron chi connectivity index (χ0n) is 15.6. The molecular formula is C17H32N6O. The molecule has 0 bridgehead atoms. The molecule has 2 rings (SSSR count). The van der Waals surface area contributed by atoms with Crippen molar-refractivity contribution in [3.63, 3.8) is 0 Å². The minimum Gasteiger partial charge on any atom is -0.337 e. The number of hydrogen-bond acceptors (Lipinski definition) is 4. The third-order valence-corrected chi connectivity index (χ3v) is 5.01. The third-order valence-electron chi connectivity index (χ3n) is 5.01. The van der Waals surface area contributed by atoms with Crippen LogP contribution in [-0.4, -0.2) is 51.4 Å². The lowest BCUT2D eigenvalue weighted by Gasteiger charge is -2.38. The SMILES string of the molecule is CC1CCN([C@@H](CNC(=O)N[C@H](C)c2nncn2C)C(C)C)CC1. The van der Waals surface area contributed by atoms with E-state index in [0.29, 0.717) is 18.5 Å². The standard InChI is InChI=1S/C17H32N6O/c1-12(2)15(23-8-6-13(3)7-9-23)10-18-17(24)20-14(4)16-21-19-11-22(16)5/h11-15H,6-10H2,1-5H3,(H2,18,20,24)/t14-,15+/m1/s1. The van der Waals surface area contributed by atoms with Crippen molar-refractivity contribution in [2.45, 2.75) is 52.6 Å². The highest BCUT2D eigenvalue weighted by Gasteiger charge is 2.26. The summed E-state index contributed by atoms with van der Waals surface area (Å²) in [5, 5.41) is 13.9. The van der Waals surface area contributed by atoms with Gasteiger partial charge < -0.3 is 15.2 Å². The largest absolute Gasteiger partial charge is 0.337 e. The maximum absolute atomic E-state index is 12.2. The Morgan fingerprint density at radius 3 is 2.54 bits per heavy atom. The van der Waals surface area contributed by atoms with Crippen molar-refractivity contribution >= 4 is 6.03 Å². The maximum Gasteiger partial charge on any atom is 0.315 e. The van der Waals surface area contributed by atoms with Crippen molar-refractivity contribution in [3.8, 4) is 0 Å². The van der Waals surface area contributed by atoms with Crippen LogP contribution in [0, 0.1) is 11.8 Å². The molecule has 136 valence electrons. The lowest BCUT2D eigenvalue weighted by Crippen LogP contribution is -2.51. The first-order valence-corrected chi connectivity index (χ1v) is 9.00. The summed E-state index contributed by atoms with van der Waals surface area (Å²) < 4.78 is 1.82. The number of aryl methyl sites for hydroxylation is 1. The van der Waals surface area contributed by atoms with Crippen LogP contribution >= 0.6 is 0 Å². The van der Waals surface area contributed by atoms with E-state index in [1.807, 2.05) is 18.5 Å². The van der Waals surface area contributed by atoms with Crippen LogP contribution < -0.4 is 10.6 Å². The highest BCUT2D eigenvalue weighted by molar-refractivity contribution is 5.74. The normalized spacial score (nSPS) is 19.2. The summed E-state index contributed by atoms with van der Waals surface area (Å²) >= 11 is 0. The quantitative estimate of drug-likeness (QED) is 0.832. The van der Waals surface area contributed by atoms with Crippen LogP contribution in [0.25, 0.3) is 0 Å². The molecule has 7 nitrogen and oxygen atoms in total. The molecule has 2 amide bonds. The number of carbonyl (C=O) groups is 1. The molecule has 1 fully saturated rings. The summed E-state index contributed by atoms with van der Waals surface area (Å²) in [5.74, 6) is 2.07. The van der Waals surface area contributed by atoms with Gasteiger partial charge in [-0.3, -0.25) is 4.90 Å². The summed E-state index contributed by atoms with van der Waals surface area (Å²) in [6.07, 6.45) is 4.13. The predicted molar refractivity (Wildman–Crippen MR) is 94.5 cm³/mol. The van der Waals surface area contributed by atoms with Crippen molar-refractivity contribution < 1.29 is 4.79 Å². The first-order chi connectivity index (χ1) is 11.4. The second-order valence-corrected chi connectivity index (χ2v) is 7.41. The fourth-order valence-corrected chi connectivity index (χ4v) is 3.34. The van der Waals surface area contributed by atoms with Gasteiger partial charge in [0.1, 0.15) is 6.33 Å². The number of likely N-dealkylation sites (tertiary alicyclic amines) is 1. The van der Waals surface area contributed by atoms with Gasteiger partial charge in [-0.2, -0.15) is 0 Å². The van der Waals surface area contributed by atoms with Gasteiger partial charge >= 0.3 is 6.03 Å². The number of carbonyl (C=O) groups excluding carboxylic acids is 1. The molecular weight excluding hydrogens is 304 g/mol. The van der Waals surface area contributed by atoms with Crippen molar-refractivity contribution in [2.24, 2.45) is 18.9 Å². The van der Waals surface area contributed by atoms with Gasteiger partial charge in [0.05, 0.1) is 6.04 Å². The molecule has 1 aliphatic rings. The van der Waals surface area contributed by atoms with Gasteiger partial charge in [-0.1, -0.05) is 20.8 Å². The Hall–Kier alpha value is -1.63. The van der Waals surface area contributed by atoms with Crippen LogP contribution in [0.2, 0.25) is 0 Å². The minimum atomic E-state index is -0.175. The Balaban J connectivity index is 1.83. The summed E-state index contributed by atoms with van der Waals surface area (Å²) in [6, 6.07) is 0.0562. The Kier molecular flexibility index (Phi) is 6.60. The zero-order valence-corrected chi connectivity index (χ0v) is 15.6. The van der Waals surface area contributed by atoms with E-state index >= 15 is 0 Å². The van der Waals surface area contributed by atoms with Gasteiger partial charge in [-0.05, 0) is 44.7 Å². The minimum absolute atomic E-state index is 0.151. The number of rotatable bonds is 6. The Bertz CT molecular complexity index is 521. The van der Waals surface area contributed by atoms with E-state index in [2.05, 4.69) is 46.5 Å². The fourth-order valence-electron chi connectivity index (χ4n) is 3.34. The van der Waals surface area contributed by atoms with Crippen LogP contribution in [0.5, 0.6) is 0 Å². The Morgan fingerprint density at radius 1 is 1.33 bits per heavy atom. The molecule has 0 aliphatic carbocycles. The Labute approximate surface area is 145 Å². The van der Waals surface area contributed by atoms with Crippen LogP contribution in [0.3, 0.4) is 0 Å². The first kappa shape index (κ1) is 18.7. The van der Waals surface area contributed by atoms with Crippen LogP contribution in [0.15, 0.2) is 6.33 Å². The van der Waals surface area contributed by atoms with E-state index in [1.165, 1.54) is 12.8 Å². The van der Waals surface area contributed by atoms with Gasteiger partial charge in [0.15, 0.2) is 5.82 Å². The monoisotopic (exact) mass is 336 g/mol. The number of nitrogens with zero attached hydrogens (tertiary/aromatic N) is 4. The third kappa shape index (κ3) is 4.93. The molecule has 0 radical (unpaired) electrons. The molecule has 7 heteroatoms. The molecule has 0 aromatic carbocycles. The summed E-state index contributed by atoms with van der Waals surface area (Å²) in [6.45, 7) is 11.6. The van der Waals surface area contributed by atoms with Crippen LogP contribution in [0.1, 0.15) is 52.4 Å². The van der Waals surface area contributed by atoms with Gasteiger partial charge in [-0.25, -0.2) is 4.79 Å². The highest BCUT2D eigenvalue weighted by atomic mass is 16.2. The molecule has 1 aliphatic heterocycles. The van der Waals surface area contributed by atoms with E-state index in [0.717, 1.165) is 24.8 Å². The van der Waals surface area contributed by atoms with E-state index < -0.39 is 0 Å². The number of urea groups is 1. The van der Waals surface area contributed by atoms with Crippen molar-refractivity contribution in [1.82, 2.24) is 30.3 Å². The molecule has 0 spiro atoms. The molecule has 2 atom stereocenters. The molecule has 0 unspecified atom stereocenters. The van der Waals surface area contributed by atoms with E-state index in [-0.39, 0.29) is 12.1 Å². The van der Waals surface area contributed by atoms with E-state index in [4.69, 9.17) is 0 Å². The fraction of sp³-hybridized carbons (Fsp3) is 0.824. The van der Waals surface area contributed by atoms with Gasteiger partial charge in [0.25, 0.3) is 0 Å². The van der Waals surface area contributed by atoms with Crippen molar-refractivity contribution in [3.05, 3.63) is 12.2 Å². The second kappa shape index (κ2) is 8.46. The van der Waals surface area contributed by atoms with Crippen LogP contribution in [-0.2, 0) is 7.05 Å². The molecule has 0 saturated carbocycles. The van der Waals surface area contributed by atoms with Gasteiger partial charge in [0, 0.05) is 19.6 Å². The topological polar surface area (TPSA) is 75.1 Å². The molecule has 2 heterocycles. The predicted octanol–water partition coefficient (Wildman–Crippen LogP) is 1.93. The first-order valence-electron chi connectivity index (χ1n) is 9.00. The number of nitrogens with one attached hydrogen (secondary N) is 2. The number of piperidine rings is 1. The molecule has 1 aromatic rings. The lowest BCUT2D eigenvalue weighted by atomic mass is 9.94. The molecule has 24 heavy (non-hydrogen) atoms. The maximum atomic E-state index is 12.2. The van der Waals surface area contributed by atoms with Crippen LogP contribution in [0.4, 0.5) is 4.79 Å². The smallest absolute Gasteiger partial charge is 0.315 e. The summed E-state index contributed by atoms with van der Waals surface area (Å²) in [4.78, 5) is 14.7. The van der Waals surface area contributed by atoms with E-state index in [1.54, 1.807) is 6.33 Å². The molecule has 2 N–H and O–H groups in total. The average molecular weight is 336 g/mol. The summed E-state index contributed by atoms with van der Waals surface area (Å²) in [5.41, 5.74) is 0. The zero-order chi connectivity index (χ0) is 17.7. The van der Waals surface area contributed by atoms with Gasteiger partial charge in [0.2, 0.25) is 0 Å². The highest BCUT2D eigenvalue weighted by Crippen LogP contribution is 2.21. The Morgan fingerprint density at radius 2 is 2.00 bits per heavy atom. The average Bonchev–Trinajstić information content (AvgIpc) is 2.95. The molecule has 1 aromatic heterocycles. The van der Waals surface area contributed by atoms with Crippen molar-refractivity contribution in [1.29, 1.82) is 0 Å². The number of hydrogen-bond donors (Lipinski definition) is 2. The number of amides is 2. The summed E-state index contributed by atoms with van der Waals surface area (Å²) in [7, 11) is 1.87. The van der Waals surface area contributed by atoms with Gasteiger partial charge in [-0.15, -0.1) is 10.2 Å². The number of aromatic nitrogens is 3. The molecule has 1 saturated heterocycles.